The summed E-state index contributed by atoms with van der Waals surface area (Å²) in [6.45, 7) is 4.75. The molecule has 0 saturated heterocycles. The SMILES string of the molecule is COCCC(C)n1c(C(C)Cl)nc2cccc(Cl)c21. The van der Waals surface area contributed by atoms with Crippen molar-refractivity contribution in [1.82, 2.24) is 9.55 Å². The van der Waals surface area contributed by atoms with E-state index in [2.05, 4.69) is 16.5 Å². The average Bonchev–Trinajstić information content (AvgIpc) is 2.77. The highest BCUT2D eigenvalue weighted by Gasteiger charge is 2.20. The molecular formula is C14H18Cl2N2O. The van der Waals surface area contributed by atoms with Gasteiger partial charge in [-0.05, 0) is 32.4 Å². The Balaban J connectivity index is 2.57. The van der Waals surface area contributed by atoms with Crippen LogP contribution in [0.25, 0.3) is 11.0 Å². The van der Waals surface area contributed by atoms with Gasteiger partial charge in [-0.1, -0.05) is 17.7 Å². The zero-order chi connectivity index (χ0) is 14.0. The van der Waals surface area contributed by atoms with Crippen LogP contribution in [0.3, 0.4) is 0 Å². The van der Waals surface area contributed by atoms with Gasteiger partial charge in [0.1, 0.15) is 5.82 Å². The molecule has 2 atom stereocenters. The van der Waals surface area contributed by atoms with Crippen molar-refractivity contribution in [1.29, 1.82) is 0 Å². The third kappa shape index (κ3) is 2.88. The number of hydrogen-bond acceptors (Lipinski definition) is 2. The molecule has 0 radical (unpaired) electrons. The molecule has 19 heavy (non-hydrogen) atoms. The Kier molecular flexibility index (Phi) is 4.71. The van der Waals surface area contributed by atoms with Gasteiger partial charge >= 0.3 is 0 Å². The second-order valence-electron chi connectivity index (χ2n) is 4.69. The molecule has 2 aromatic rings. The minimum Gasteiger partial charge on any atom is -0.385 e. The molecule has 0 spiro atoms. The largest absolute Gasteiger partial charge is 0.385 e. The molecule has 0 N–H and O–H groups in total. The fourth-order valence-corrected chi connectivity index (χ4v) is 2.68. The summed E-state index contributed by atoms with van der Waals surface area (Å²) in [5.74, 6) is 0.855. The molecule has 0 amide bonds. The number of alkyl halides is 1. The molecule has 0 aliphatic rings. The van der Waals surface area contributed by atoms with Crippen molar-refractivity contribution in [3.8, 4) is 0 Å². The third-order valence-corrected chi connectivity index (χ3v) is 3.72. The lowest BCUT2D eigenvalue weighted by Gasteiger charge is -2.18. The van der Waals surface area contributed by atoms with Crippen molar-refractivity contribution in [2.75, 3.05) is 13.7 Å². The summed E-state index contributed by atoms with van der Waals surface area (Å²) in [6.07, 6.45) is 0.893. The molecule has 2 rings (SSSR count). The van der Waals surface area contributed by atoms with E-state index in [-0.39, 0.29) is 11.4 Å². The van der Waals surface area contributed by atoms with Gasteiger partial charge < -0.3 is 9.30 Å². The van der Waals surface area contributed by atoms with E-state index >= 15 is 0 Å². The van der Waals surface area contributed by atoms with E-state index in [0.717, 1.165) is 23.3 Å². The lowest BCUT2D eigenvalue weighted by Crippen LogP contribution is -2.12. The monoisotopic (exact) mass is 300 g/mol. The first-order chi connectivity index (χ1) is 9.06. The van der Waals surface area contributed by atoms with E-state index < -0.39 is 0 Å². The van der Waals surface area contributed by atoms with Gasteiger partial charge in [0.25, 0.3) is 0 Å². The maximum Gasteiger partial charge on any atom is 0.128 e. The van der Waals surface area contributed by atoms with Gasteiger partial charge in [-0.15, -0.1) is 11.6 Å². The van der Waals surface area contributed by atoms with Gasteiger partial charge in [0, 0.05) is 19.8 Å². The van der Waals surface area contributed by atoms with Crippen molar-refractivity contribution < 1.29 is 4.74 Å². The molecule has 0 aliphatic carbocycles. The van der Waals surface area contributed by atoms with Gasteiger partial charge in [0.15, 0.2) is 0 Å². The fourth-order valence-electron chi connectivity index (χ4n) is 2.27. The van der Waals surface area contributed by atoms with Crippen LogP contribution < -0.4 is 0 Å². The number of nitrogens with zero attached hydrogens (tertiary/aromatic N) is 2. The number of benzene rings is 1. The van der Waals surface area contributed by atoms with Crippen LogP contribution in [-0.2, 0) is 4.74 Å². The normalized spacial score (nSPS) is 14.8. The average molecular weight is 301 g/mol. The van der Waals surface area contributed by atoms with E-state index in [1.54, 1.807) is 7.11 Å². The second kappa shape index (κ2) is 6.12. The summed E-state index contributed by atoms with van der Waals surface area (Å²) in [5.41, 5.74) is 1.84. The molecule has 0 saturated carbocycles. The Morgan fingerprint density at radius 1 is 1.37 bits per heavy atom. The Labute approximate surface area is 123 Å². The molecule has 3 nitrogen and oxygen atoms in total. The Morgan fingerprint density at radius 3 is 2.74 bits per heavy atom. The number of aromatic nitrogens is 2. The number of hydrogen-bond donors (Lipinski definition) is 0. The van der Waals surface area contributed by atoms with Crippen LogP contribution in [0.1, 0.15) is 37.5 Å². The molecule has 0 fully saturated rings. The maximum atomic E-state index is 6.32. The number of halogens is 2. The Morgan fingerprint density at radius 2 is 2.11 bits per heavy atom. The van der Waals surface area contributed by atoms with Crippen LogP contribution in [0, 0.1) is 0 Å². The van der Waals surface area contributed by atoms with Crippen LogP contribution in [0.2, 0.25) is 5.02 Å². The first-order valence-electron chi connectivity index (χ1n) is 6.35. The molecule has 2 unspecified atom stereocenters. The van der Waals surface area contributed by atoms with E-state index in [9.17, 15) is 0 Å². The van der Waals surface area contributed by atoms with E-state index in [4.69, 9.17) is 27.9 Å². The van der Waals surface area contributed by atoms with E-state index in [0.29, 0.717) is 11.6 Å². The van der Waals surface area contributed by atoms with Gasteiger partial charge in [-0.3, -0.25) is 0 Å². The summed E-state index contributed by atoms with van der Waals surface area (Å²) < 4.78 is 7.29. The highest BCUT2D eigenvalue weighted by Crippen LogP contribution is 2.32. The summed E-state index contributed by atoms with van der Waals surface area (Å²) in [6, 6.07) is 5.99. The van der Waals surface area contributed by atoms with Crippen LogP contribution >= 0.6 is 23.2 Å². The maximum absolute atomic E-state index is 6.32. The number of fused-ring (bicyclic) bond motifs is 1. The minimum atomic E-state index is -0.159. The lowest BCUT2D eigenvalue weighted by molar-refractivity contribution is 0.181. The van der Waals surface area contributed by atoms with Crippen molar-refractivity contribution >= 4 is 34.2 Å². The number of para-hydroxylation sites is 1. The number of imidazole rings is 1. The number of ether oxygens (including phenoxy) is 1. The van der Waals surface area contributed by atoms with Crippen molar-refractivity contribution in [2.45, 2.75) is 31.7 Å². The zero-order valence-electron chi connectivity index (χ0n) is 11.4. The van der Waals surface area contributed by atoms with Gasteiger partial charge in [-0.2, -0.15) is 0 Å². The summed E-state index contributed by atoms with van der Waals surface area (Å²) >= 11 is 12.6. The van der Waals surface area contributed by atoms with Crippen LogP contribution in [-0.4, -0.2) is 23.3 Å². The fraction of sp³-hybridized carbons (Fsp3) is 0.500. The Bertz CT molecular complexity index is 566. The van der Waals surface area contributed by atoms with Gasteiger partial charge in [0.05, 0.1) is 21.4 Å². The first kappa shape index (κ1) is 14.6. The predicted octanol–water partition coefficient (Wildman–Crippen LogP) is 4.59. The molecule has 1 aromatic heterocycles. The summed E-state index contributed by atoms with van der Waals surface area (Å²) in [7, 11) is 1.71. The van der Waals surface area contributed by atoms with Crippen LogP contribution in [0.15, 0.2) is 18.2 Å². The topological polar surface area (TPSA) is 27.1 Å². The molecular weight excluding hydrogens is 283 g/mol. The summed E-state index contributed by atoms with van der Waals surface area (Å²) in [5, 5.41) is 0.547. The standard InChI is InChI=1S/C14H18Cl2N2O/c1-9(7-8-19-3)18-13-11(16)5-4-6-12(13)17-14(18)10(2)15/h4-6,9-10H,7-8H2,1-3H3. The van der Waals surface area contributed by atoms with Gasteiger partial charge in [-0.25, -0.2) is 4.98 Å². The van der Waals surface area contributed by atoms with Crippen molar-refractivity contribution in [3.63, 3.8) is 0 Å². The molecule has 1 heterocycles. The predicted molar refractivity (Wildman–Crippen MR) is 80.2 cm³/mol. The Hall–Kier alpha value is -0.770. The van der Waals surface area contributed by atoms with Crippen molar-refractivity contribution in [3.05, 3.63) is 29.0 Å². The highest BCUT2D eigenvalue weighted by atomic mass is 35.5. The second-order valence-corrected chi connectivity index (χ2v) is 5.76. The van der Waals surface area contributed by atoms with Gasteiger partial charge in [0.2, 0.25) is 0 Å². The molecule has 104 valence electrons. The molecule has 0 aliphatic heterocycles. The smallest absolute Gasteiger partial charge is 0.128 e. The quantitative estimate of drug-likeness (QED) is 0.755. The lowest BCUT2D eigenvalue weighted by atomic mass is 10.2. The van der Waals surface area contributed by atoms with Crippen molar-refractivity contribution in [2.24, 2.45) is 0 Å². The van der Waals surface area contributed by atoms with E-state index in [1.165, 1.54) is 0 Å². The molecule has 1 aromatic carbocycles. The zero-order valence-corrected chi connectivity index (χ0v) is 12.9. The first-order valence-corrected chi connectivity index (χ1v) is 7.17. The van der Waals surface area contributed by atoms with Crippen LogP contribution in [0.4, 0.5) is 0 Å². The highest BCUT2D eigenvalue weighted by molar-refractivity contribution is 6.35. The molecule has 5 heteroatoms. The summed E-state index contributed by atoms with van der Waals surface area (Å²) in [4.78, 5) is 4.61. The number of rotatable bonds is 5. The van der Waals surface area contributed by atoms with E-state index in [1.807, 2.05) is 25.1 Å². The number of methoxy groups -OCH3 is 1. The molecule has 0 bridgehead atoms. The third-order valence-electron chi connectivity index (χ3n) is 3.22. The minimum absolute atomic E-state index is 0.159. The van der Waals surface area contributed by atoms with Crippen LogP contribution in [0.5, 0.6) is 0 Å².